The summed E-state index contributed by atoms with van der Waals surface area (Å²) in [6.45, 7) is 9.18. The minimum Gasteiger partial charge on any atom is -0.456 e. The second kappa shape index (κ2) is 6.20. The third-order valence-corrected chi connectivity index (χ3v) is 3.33. The van der Waals surface area contributed by atoms with Crippen LogP contribution in [0.3, 0.4) is 0 Å². The molecular weight excluding hydrogens is 238 g/mol. The lowest BCUT2D eigenvalue weighted by Crippen LogP contribution is -1.92. The van der Waals surface area contributed by atoms with Crippen molar-refractivity contribution in [2.24, 2.45) is 0 Å². The number of rotatable bonds is 2. The van der Waals surface area contributed by atoms with Gasteiger partial charge in [-0.1, -0.05) is 27.7 Å². The van der Waals surface area contributed by atoms with E-state index in [4.69, 9.17) is 9.15 Å². The Kier molecular flexibility index (Phi) is 4.59. The zero-order chi connectivity index (χ0) is 13.8. The van der Waals surface area contributed by atoms with Crippen LogP contribution in [0.15, 0.2) is 22.7 Å². The summed E-state index contributed by atoms with van der Waals surface area (Å²) in [5, 5.41) is 0. The van der Waals surface area contributed by atoms with E-state index in [9.17, 15) is 0 Å². The number of hydrogen-bond donors (Lipinski definition) is 0. The van der Waals surface area contributed by atoms with E-state index in [1.54, 1.807) is 0 Å². The number of nitrogens with zero attached hydrogens (tertiary/aromatic N) is 1. The van der Waals surface area contributed by atoms with Crippen molar-refractivity contribution in [3.63, 3.8) is 0 Å². The standard InChI is InChI=1S/C14H17NO2.C2H6/c1-9(2)10-5-6-15-11-8-13(17-14(10)11)12-4-3-7-16-12;1-2/h5-6,8-9,12H,3-4,7H2,1-2H3;1-2H3. The summed E-state index contributed by atoms with van der Waals surface area (Å²) in [7, 11) is 0. The van der Waals surface area contributed by atoms with Crippen LogP contribution in [0.4, 0.5) is 0 Å². The van der Waals surface area contributed by atoms with E-state index in [1.807, 2.05) is 32.2 Å². The Morgan fingerprint density at radius 3 is 2.74 bits per heavy atom. The van der Waals surface area contributed by atoms with Crippen LogP contribution in [0.1, 0.15) is 63.9 Å². The van der Waals surface area contributed by atoms with Crippen molar-refractivity contribution in [2.45, 2.75) is 52.6 Å². The van der Waals surface area contributed by atoms with Crippen molar-refractivity contribution in [1.82, 2.24) is 4.98 Å². The monoisotopic (exact) mass is 261 g/mol. The third kappa shape index (κ3) is 2.81. The molecule has 1 atom stereocenters. The van der Waals surface area contributed by atoms with Gasteiger partial charge in [0.25, 0.3) is 0 Å². The molecule has 3 heterocycles. The summed E-state index contributed by atoms with van der Waals surface area (Å²) in [6, 6.07) is 4.06. The van der Waals surface area contributed by atoms with E-state index >= 15 is 0 Å². The zero-order valence-electron chi connectivity index (χ0n) is 12.3. The molecule has 19 heavy (non-hydrogen) atoms. The number of pyridine rings is 1. The molecule has 0 N–H and O–H groups in total. The molecule has 0 saturated carbocycles. The van der Waals surface area contributed by atoms with Crippen LogP contribution in [-0.2, 0) is 4.74 Å². The van der Waals surface area contributed by atoms with Gasteiger partial charge in [-0.05, 0) is 24.8 Å². The Morgan fingerprint density at radius 2 is 2.11 bits per heavy atom. The second-order valence-corrected chi connectivity index (χ2v) is 4.92. The molecule has 0 spiro atoms. The molecule has 0 bridgehead atoms. The summed E-state index contributed by atoms with van der Waals surface area (Å²) in [6.07, 6.45) is 4.15. The Morgan fingerprint density at radius 1 is 1.32 bits per heavy atom. The van der Waals surface area contributed by atoms with E-state index in [2.05, 4.69) is 18.8 Å². The van der Waals surface area contributed by atoms with Crippen LogP contribution in [-0.4, -0.2) is 11.6 Å². The normalized spacial score (nSPS) is 18.7. The first-order chi connectivity index (χ1) is 9.25. The molecule has 0 amide bonds. The van der Waals surface area contributed by atoms with Crippen LogP contribution in [0, 0.1) is 0 Å². The number of ether oxygens (including phenoxy) is 1. The van der Waals surface area contributed by atoms with Crippen LogP contribution < -0.4 is 0 Å². The van der Waals surface area contributed by atoms with E-state index in [0.29, 0.717) is 5.92 Å². The van der Waals surface area contributed by atoms with Gasteiger partial charge in [0.1, 0.15) is 17.4 Å². The van der Waals surface area contributed by atoms with Crippen molar-refractivity contribution in [2.75, 3.05) is 6.61 Å². The molecule has 0 aromatic carbocycles. The number of fused-ring (bicyclic) bond motifs is 1. The molecule has 1 aliphatic heterocycles. The first kappa shape index (κ1) is 14.1. The molecule has 1 unspecified atom stereocenters. The fourth-order valence-corrected chi connectivity index (χ4v) is 2.39. The highest BCUT2D eigenvalue weighted by molar-refractivity contribution is 5.77. The Hall–Kier alpha value is -1.35. The van der Waals surface area contributed by atoms with Crippen LogP contribution >= 0.6 is 0 Å². The summed E-state index contributed by atoms with van der Waals surface area (Å²) in [5.74, 6) is 1.38. The van der Waals surface area contributed by atoms with Crippen LogP contribution in [0.25, 0.3) is 11.1 Å². The maximum Gasteiger partial charge on any atom is 0.156 e. The Labute approximate surface area is 115 Å². The Balaban J connectivity index is 0.000000637. The van der Waals surface area contributed by atoms with Crippen molar-refractivity contribution >= 4 is 11.1 Å². The maximum atomic E-state index is 5.96. The quantitative estimate of drug-likeness (QED) is 0.776. The molecule has 3 heteroatoms. The first-order valence-corrected chi connectivity index (χ1v) is 7.25. The molecule has 1 aliphatic rings. The molecule has 0 aliphatic carbocycles. The zero-order valence-corrected chi connectivity index (χ0v) is 12.3. The summed E-state index contributed by atoms with van der Waals surface area (Å²) in [4.78, 5) is 4.37. The average Bonchev–Trinajstić information content (AvgIpc) is 3.08. The van der Waals surface area contributed by atoms with Gasteiger partial charge >= 0.3 is 0 Å². The molecule has 1 saturated heterocycles. The highest BCUT2D eigenvalue weighted by Gasteiger charge is 2.22. The van der Waals surface area contributed by atoms with Crippen molar-refractivity contribution in [3.05, 3.63) is 29.7 Å². The van der Waals surface area contributed by atoms with Crippen molar-refractivity contribution in [1.29, 1.82) is 0 Å². The molecule has 2 aromatic heterocycles. The molecule has 3 nitrogen and oxygen atoms in total. The molecule has 1 fully saturated rings. The van der Waals surface area contributed by atoms with Gasteiger partial charge in [0, 0.05) is 24.4 Å². The highest BCUT2D eigenvalue weighted by atomic mass is 16.5. The highest BCUT2D eigenvalue weighted by Crippen LogP contribution is 2.34. The molecule has 3 rings (SSSR count). The van der Waals surface area contributed by atoms with Gasteiger partial charge < -0.3 is 9.15 Å². The summed E-state index contributed by atoms with van der Waals surface area (Å²) >= 11 is 0. The lowest BCUT2D eigenvalue weighted by molar-refractivity contribution is 0.0950. The lowest BCUT2D eigenvalue weighted by Gasteiger charge is -2.06. The topological polar surface area (TPSA) is 35.3 Å². The molecule has 0 radical (unpaired) electrons. The third-order valence-electron chi connectivity index (χ3n) is 3.33. The van der Waals surface area contributed by atoms with E-state index in [1.165, 1.54) is 5.56 Å². The summed E-state index contributed by atoms with van der Waals surface area (Å²) in [5.41, 5.74) is 3.09. The van der Waals surface area contributed by atoms with Crippen molar-refractivity contribution in [3.8, 4) is 0 Å². The first-order valence-electron chi connectivity index (χ1n) is 7.25. The molecule has 104 valence electrons. The largest absolute Gasteiger partial charge is 0.456 e. The van der Waals surface area contributed by atoms with Crippen LogP contribution in [0.2, 0.25) is 0 Å². The predicted octanol–water partition coefficient (Wildman–Crippen LogP) is 4.83. The Bertz CT molecular complexity index is 525. The number of hydrogen-bond acceptors (Lipinski definition) is 3. The maximum absolute atomic E-state index is 5.96. The molecular formula is C16H23NO2. The van der Waals surface area contributed by atoms with Gasteiger partial charge in [-0.3, -0.25) is 4.98 Å². The van der Waals surface area contributed by atoms with E-state index in [0.717, 1.165) is 36.3 Å². The second-order valence-electron chi connectivity index (χ2n) is 4.92. The number of aromatic nitrogens is 1. The van der Waals surface area contributed by atoms with Gasteiger partial charge in [-0.2, -0.15) is 0 Å². The summed E-state index contributed by atoms with van der Waals surface area (Å²) < 4.78 is 11.6. The predicted molar refractivity (Wildman–Crippen MR) is 77.4 cm³/mol. The van der Waals surface area contributed by atoms with E-state index in [-0.39, 0.29) is 6.10 Å². The number of furan rings is 1. The molecule has 2 aromatic rings. The van der Waals surface area contributed by atoms with Crippen molar-refractivity contribution < 1.29 is 9.15 Å². The SMILES string of the molecule is CC.CC(C)c1ccnc2cc(C3CCCO3)oc12. The average molecular weight is 261 g/mol. The van der Waals surface area contributed by atoms with Gasteiger partial charge in [0.05, 0.1) is 0 Å². The minimum atomic E-state index is 0.129. The van der Waals surface area contributed by atoms with Gasteiger partial charge in [0.15, 0.2) is 5.58 Å². The smallest absolute Gasteiger partial charge is 0.156 e. The van der Waals surface area contributed by atoms with Gasteiger partial charge in [-0.25, -0.2) is 0 Å². The fourth-order valence-electron chi connectivity index (χ4n) is 2.39. The van der Waals surface area contributed by atoms with Gasteiger partial charge in [0.2, 0.25) is 0 Å². The van der Waals surface area contributed by atoms with E-state index < -0.39 is 0 Å². The van der Waals surface area contributed by atoms with Crippen LogP contribution in [0.5, 0.6) is 0 Å². The minimum absolute atomic E-state index is 0.129. The van der Waals surface area contributed by atoms with Gasteiger partial charge in [-0.15, -0.1) is 0 Å². The fraction of sp³-hybridized carbons (Fsp3) is 0.562. The lowest BCUT2D eigenvalue weighted by atomic mass is 10.0.